The van der Waals surface area contributed by atoms with E-state index in [0.29, 0.717) is 0 Å². The van der Waals surface area contributed by atoms with Crippen molar-refractivity contribution in [3.05, 3.63) is 140 Å². The molecule has 0 atom stereocenters. The van der Waals surface area contributed by atoms with Crippen molar-refractivity contribution in [3.63, 3.8) is 0 Å². The Balaban J connectivity index is 1.55. The molecule has 40 heavy (non-hydrogen) atoms. The largest absolute Gasteiger partial charge is 0.309 e. The van der Waals surface area contributed by atoms with E-state index in [9.17, 15) is 0 Å². The van der Waals surface area contributed by atoms with E-state index in [1.54, 1.807) is 0 Å². The molecule has 0 spiro atoms. The SMILES string of the molecule is c1ccc(-n2c3ccccc3c3c4ccccc4c4sc5c(-c6cccc7ccccc67)cccc5c4c32)cc1. The smallest absolute Gasteiger partial charge is 0.0640 e. The van der Waals surface area contributed by atoms with Crippen LogP contribution in [0.4, 0.5) is 0 Å². The summed E-state index contributed by atoms with van der Waals surface area (Å²) in [6, 6.07) is 50.9. The molecule has 2 heterocycles. The number of hydrogen-bond acceptors (Lipinski definition) is 1. The Morgan fingerprint density at radius 2 is 1.02 bits per heavy atom. The van der Waals surface area contributed by atoms with Crippen molar-refractivity contribution in [2.45, 2.75) is 0 Å². The Kier molecular flexibility index (Phi) is 4.55. The lowest BCUT2D eigenvalue weighted by atomic mass is 9.95. The third-order valence-electron chi connectivity index (χ3n) is 8.36. The summed E-state index contributed by atoms with van der Waals surface area (Å²) in [5, 5.41) is 10.5. The Bertz CT molecular complexity index is 2420. The molecule has 0 amide bonds. The maximum absolute atomic E-state index is 2.48. The summed E-state index contributed by atoms with van der Waals surface area (Å²) in [7, 11) is 0. The van der Waals surface area contributed by atoms with Crippen molar-refractivity contribution >= 4 is 74.9 Å². The molecule has 186 valence electrons. The minimum absolute atomic E-state index is 1.19. The molecule has 2 heteroatoms. The van der Waals surface area contributed by atoms with E-state index in [4.69, 9.17) is 0 Å². The van der Waals surface area contributed by atoms with Crippen LogP contribution in [0.15, 0.2) is 140 Å². The van der Waals surface area contributed by atoms with Crippen LogP contribution < -0.4 is 0 Å². The second-order valence-corrected chi connectivity index (χ2v) is 11.5. The van der Waals surface area contributed by atoms with Gasteiger partial charge in [0.2, 0.25) is 0 Å². The number of nitrogens with zero attached hydrogens (tertiary/aromatic N) is 1. The van der Waals surface area contributed by atoms with Crippen LogP contribution in [0.25, 0.3) is 80.3 Å². The fourth-order valence-corrected chi connectivity index (χ4v) is 8.08. The van der Waals surface area contributed by atoms with Crippen LogP contribution in [-0.4, -0.2) is 4.57 Å². The number of hydrogen-bond donors (Lipinski definition) is 0. The lowest BCUT2D eigenvalue weighted by molar-refractivity contribution is 1.19. The van der Waals surface area contributed by atoms with Crippen molar-refractivity contribution in [2.24, 2.45) is 0 Å². The summed E-state index contributed by atoms with van der Waals surface area (Å²) in [4.78, 5) is 0. The first-order valence-corrected chi connectivity index (χ1v) is 14.5. The zero-order chi connectivity index (χ0) is 26.2. The Morgan fingerprint density at radius 1 is 0.400 bits per heavy atom. The fourth-order valence-electron chi connectivity index (χ4n) is 6.71. The summed E-state index contributed by atoms with van der Waals surface area (Å²) in [5.41, 5.74) is 6.32. The molecule has 1 nitrogen and oxygen atoms in total. The number of rotatable bonds is 2. The minimum Gasteiger partial charge on any atom is -0.309 e. The number of benzene rings is 7. The molecule has 0 aliphatic heterocycles. The van der Waals surface area contributed by atoms with Gasteiger partial charge in [-0.15, -0.1) is 11.3 Å². The van der Waals surface area contributed by atoms with Gasteiger partial charge in [-0.25, -0.2) is 0 Å². The first-order valence-electron chi connectivity index (χ1n) is 13.7. The van der Waals surface area contributed by atoms with Gasteiger partial charge in [-0.05, 0) is 39.9 Å². The minimum atomic E-state index is 1.19. The van der Waals surface area contributed by atoms with Gasteiger partial charge in [-0.3, -0.25) is 0 Å². The van der Waals surface area contributed by atoms with Gasteiger partial charge in [0, 0.05) is 47.6 Å². The van der Waals surface area contributed by atoms with Gasteiger partial charge in [0.25, 0.3) is 0 Å². The van der Waals surface area contributed by atoms with Gasteiger partial charge in [0.15, 0.2) is 0 Å². The van der Waals surface area contributed by atoms with E-state index in [-0.39, 0.29) is 0 Å². The topological polar surface area (TPSA) is 4.93 Å². The lowest BCUT2D eigenvalue weighted by Crippen LogP contribution is -1.93. The average Bonchev–Trinajstić information content (AvgIpc) is 3.58. The molecule has 9 aromatic rings. The van der Waals surface area contributed by atoms with Crippen molar-refractivity contribution in [1.29, 1.82) is 0 Å². The predicted molar refractivity (Wildman–Crippen MR) is 174 cm³/mol. The number of fused-ring (bicyclic) bond motifs is 11. The summed E-state index contributed by atoms with van der Waals surface area (Å²) < 4.78 is 5.18. The Labute approximate surface area is 235 Å². The normalized spacial score (nSPS) is 12.0. The van der Waals surface area contributed by atoms with Gasteiger partial charge < -0.3 is 4.57 Å². The third kappa shape index (κ3) is 2.91. The first kappa shape index (κ1) is 22.0. The van der Waals surface area contributed by atoms with Gasteiger partial charge in [-0.2, -0.15) is 0 Å². The summed E-state index contributed by atoms with van der Waals surface area (Å²) >= 11 is 1.94. The second kappa shape index (κ2) is 8.29. The maximum Gasteiger partial charge on any atom is 0.0640 e. The van der Waals surface area contributed by atoms with Gasteiger partial charge in [0.1, 0.15) is 0 Å². The molecular formula is C38H23NS. The van der Waals surface area contributed by atoms with Crippen molar-refractivity contribution < 1.29 is 0 Å². The third-order valence-corrected chi connectivity index (χ3v) is 9.63. The zero-order valence-electron chi connectivity index (χ0n) is 21.6. The van der Waals surface area contributed by atoms with Crippen LogP contribution in [0.1, 0.15) is 0 Å². The van der Waals surface area contributed by atoms with Gasteiger partial charge in [-0.1, -0.05) is 121 Å². The molecule has 0 unspecified atom stereocenters. The molecular weight excluding hydrogens is 502 g/mol. The average molecular weight is 526 g/mol. The van der Waals surface area contributed by atoms with E-state index in [0.717, 1.165) is 0 Å². The molecule has 0 fully saturated rings. The predicted octanol–water partition coefficient (Wildman–Crippen LogP) is 11.1. The molecule has 0 aliphatic rings. The molecule has 0 radical (unpaired) electrons. The van der Waals surface area contributed by atoms with Crippen molar-refractivity contribution in [3.8, 4) is 16.8 Å². The van der Waals surface area contributed by atoms with Gasteiger partial charge >= 0.3 is 0 Å². The number of para-hydroxylation sites is 2. The molecule has 2 aromatic heterocycles. The highest BCUT2D eigenvalue weighted by molar-refractivity contribution is 7.27. The number of aromatic nitrogens is 1. The van der Waals surface area contributed by atoms with Crippen LogP contribution >= 0.6 is 11.3 Å². The Hall–Kier alpha value is -4.92. The standard InChI is InChI=1S/C38H23NS/c1-2-14-25(15-3-1)39-33-23-9-8-19-31(33)34-28-17-6-7-18-30(28)38-35(36(34)39)32-22-11-21-29(37(32)40-38)27-20-10-13-24-12-4-5-16-26(24)27/h1-23H. The number of thiophene rings is 1. The van der Waals surface area contributed by atoms with E-state index in [1.165, 1.54) is 80.3 Å². The van der Waals surface area contributed by atoms with Crippen molar-refractivity contribution in [1.82, 2.24) is 4.57 Å². The molecule has 9 rings (SSSR count). The summed E-state index contributed by atoms with van der Waals surface area (Å²) in [5.74, 6) is 0. The molecule has 7 aromatic carbocycles. The highest BCUT2D eigenvalue weighted by Crippen LogP contribution is 2.50. The van der Waals surface area contributed by atoms with Crippen LogP contribution in [0.5, 0.6) is 0 Å². The molecule has 0 N–H and O–H groups in total. The van der Waals surface area contributed by atoms with Gasteiger partial charge in [0.05, 0.1) is 11.0 Å². The zero-order valence-corrected chi connectivity index (χ0v) is 22.5. The van der Waals surface area contributed by atoms with E-state index in [1.807, 2.05) is 11.3 Å². The maximum atomic E-state index is 2.48. The molecule has 0 bridgehead atoms. The Morgan fingerprint density at radius 3 is 1.90 bits per heavy atom. The first-order chi connectivity index (χ1) is 19.9. The highest BCUT2D eigenvalue weighted by atomic mass is 32.1. The van der Waals surface area contributed by atoms with Crippen LogP contribution in [0, 0.1) is 0 Å². The van der Waals surface area contributed by atoms with E-state index < -0.39 is 0 Å². The van der Waals surface area contributed by atoms with Crippen LogP contribution in [0.2, 0.25) is 0 Å². The lowest BCUT2D eigenvalue weighted by Gasteiger charge is -2.11. The molecule has 0 aliphatic carbocycles. The van der Waals surface area contributed by atoms with E-state index in [2.05, 4.69) is 144 Å². The molecule has 0 saturated carbocycles. The monoisotopic (exact) mass is 525 g/mol. The van der Waals surface area contributed by atoms with Crippen LogP contribution in [-0.2, 0) is 0 Å². The second-order valence-electron chi connectivity index (χ2n) is 10.5. The molecule has 0 saturated heterocycles. The quantitative estimate of drug-likeness (QED) is 0.211. The van der Waals surface area contributed by atoms with E-state index >= 15 is 0 Å². The van der Waals surface area contributed by atoms with Crippen molar-refractivity contribution in [2.75, 3.05) is 0 Å². The highest BCUT2D eigenvalue weighted by Gasteiger charge is 2.22. The summed E-state index contributed by atoms with van der Waals surface area (Å²) in [6.45, 7) is 0. The summed E-state index contributed by atoms with van der Waals surface area (Å²) in [6.07, 6.45) is 0. The fraction of sp³-hybridized carbons (Fsp3) is 0. The van der Waals surface area contributed by atoms with Crippen LogP contribution in [0.3, 0.4) is 0 Å².